The van der Waals surface area contributed by atoms with E-state index in [0.717, 1.165) is 38.4 Å². The highest BCUT2D eigenvalue weighted by Crippen LogP contribution is 2.25. The van der Waals surface area contributed by atoms with Gasteiger partial charge in [0.1, 0.15) is 5.82 Å². The molecule has 1 atom stereocenters. The van der Waals surface area contributed by atoms with Gasteiger partial charge in [-0.2, -0.15) is 4.98 Å². The number of piperidine rings is 1. The number of aromatic nitrogens is 1. The Morgan fingerprint density at radius 2 is 2.21 bits per heavy atom. The highest BCUT2D eigenvalue weighted by atomic mass is 16.5. The first-order valence-corrected chi connectivity index (χ1v) is 7.00. The molecule has 0 aliphatic carbocycles. The van der Waals surface area contributed by atoms with Gasteiger partial charge in [0, 0.05) is 19.7 Å². The van der Waals surface area contributed by atoms with Gasteiger partial charge >= 0.3 is 0 Å². The molecule has 106 valence electrons. The third-order valence-corrected chi connectivity index (χ3v) is 3.26. The maximum atomic E-state index is 5.85. The van der Waals surface area contributed by atoms with Crippen molar-refractivity contribution in [1.29, 1.82) is 0 Å². The van der Waals surface area contributed by atoms with E-state index in [1.54, 1.807) is 0 Å². The number of nitrogens with zero attached hydrogens (tertiary/aromatic N) is 2. The molecule has 1 saturated heterocycles. The minimum atomic E-state index is 0.300. The fourth-order valence-corrected chi connectivity index (χ4v) is 2.39. The molecule has 1 aliphatic rings. The van der Waals surface area contributed by atoms with Crippen molar-refractivity contribution >= 4 is 11.5 Å². The number of nitrogens with two attached hydrogens (primary N) is 1. The first-order valence-electron chi connectivity index (χ1n) is 7.00. The van der Waals surface area contributed by atoms with E-state index in [-0.39, 0.29) is 0 Å². The lowest BCUT2D eigenvalue weighted by Gasteiger charge is -2.33. The second kappa shape index (κ2) is 6.61. The number of anilines is 2. The van der Waals surface area contributed by atoms with E-state index in [0.29, 0.717) is 24.3 Å². The van der Waals surface area contributed by atoms with Gasteiger partial charge in [0.05, 0.1) is 18.4 Å². The van der Waals surface area contributed by atoms with Gasteiger partial charge in [-0.15, -0.1) is 0 Å². The minimum absolute atomic E-state index is 0.300. The van der Waals surface area contributed by atoms with Crippen LogP contribution in [-0.4, -0.2) is 37.4 Å². The summed E-state index contributed by atoms with van der Waals surface area (Å²) in [7, 11) is 0. The van der Waals surface area contributed by atoms with Crippen LogP contribution in [-0.2, 0) is 4.74 Å². The fraction of sp³-hybridized carbons (Fsp3) is 0.643. The molecule has 1 aromatic heterocycles. The predicted octanol–water partition coefficient (Wildman–Crippen LogP) is 2.07. The number of hydrogen-bond donors (Lipinski definition) is 1. The van der Waals surface area contributed by atoms with Gasteiger partial charge in [0.15, 0.2) is 0 Å². The van der Waals surface area contributed by atoms with Crippen molar-refractivity contribution in [1.82, 2.24) is 4.98 Å². The van der Waals surface area contributed by atoms with Crippen LogP contribution in [0.1, 0.15) is 26.7 Å². The molecule has 0 amide bonds. The topological polar surface area (TPSA) is 60.6 Å². The lowest BCUT2D eigenvalue weighted by Crippen LogP contribution is -2.40. The van der Waals surface area contributed by atoms with Crippen LogP contribution < -0.4 is 15.4 Å². The van der Waals surface area contributed by atoms with E-state index < -0.39 is 0 Å². The van der Waals surface area contributed by atoms with Crippen LogP contribution in [0.5, 0.6) is 5.88 Å². The molecule has 1 fully saturated rings. The predicted molar refractivity (Wildman–Crippen MR) is 76.7 cm³/mol. The maximum Gasteiger partial charge on any atom is 0.239 e. The Labute approximate surface area is 114 Å². The number of rotatable bonds is 5. The fourth-order valence-electron chi connectivity index (χ4n) is 2.39. The number of pyridine rings is 1. The Morgan fingerprint density at radius 1 is 1.37 bits per heavy atom. The van der Waals surface area contributed by atoms with Crippen molar-refractivity contribution in [3.05, 3.63) is 12.1 Å². The molecule has 0 radical (unpaired) electrons. The van der Waals surface area contributed by atoms with Gasteiger partial charge in [-0.3, -0.25) is 0 Å². The van der Waals surface area contributed by atoms with Crippen LogP contribution in [0, 0.1) is 0 Å². The normalized spacial score (nSPS) is 19.5. The van der Waals surface area contributed by atoms with Crippen LogP contribution in [0.15, 0.2) is 12.1 Å². The Kier molecular flexibility index (Phi) is 4.85. The second-order valence-electron chi connectivity index (χ2n) is 4.66. The minimum Gasteiger partial charge on any atom is -0.476 e. The van der Waals surface area contributed by atoms with Crippen molar-refractivity contribution < 1.29 is 9.47 Å². The molecular weight excluding hydrogens is 242 g/mol. The molecule has 2 heterocycles. The standard InChI is InChI=1S/C14H23N3O2/c1-3-18-11-6-5-9-17(10-11)13-8-7-12(15)14(16-13)19-4-2/h7-8,11H,3-6,9-10,15H2,1-2H3. The molecular formula is C14H23N3O2. The Hall–Kier alpha value is -1.49. The van der Waals surface area contributed by atoms with Crippen LogP contribution in [0.3, 0.4) is 0 Å². The Bertz CT molecular complexity index is 410. The molecule has 2 N–H and O–H groups in total. The van der Waals surface area contributed by atoms with Crippen LogP contribution in [0.2, 0.25) is 0 Å². The van der Waals surface area contributed by atoms with Gasteiger partial charge in [-0.25, -0.2) is 0 Å². The van der Waals surface area contributed by atoms with Crippen molar-refractivity contribution in [2.75, 3.05) is 36.9 Å². The molecule has 19 heavy (non-hydrogen) atoms. The molecule has 1 aliphatic heterocycles. The molecule has 0 saturated carbocycles. The molecule has 5 nitrogen and oxygen atoms in total. The summed E-state index contributed by atoms with van der Waals surface area (Å²) in [5.74, 6) is 1.44. The van der Waals surface area contributed by atoms with Crippen LogP contribution in [0.4, 0.5) is 11.5 Å². The second-order valence-corrected chi connectivity index (χ2v) is 4.66. The maximum absolute atomic E-state index is 5.85. The highest BCUT2D eigenvalue weighted by molar-refractivity contribution is 5.54. The van der Waals surface area contributed by atoms with E-state index in [9.17, 15) is 0 Å². The SMILES string of the molecule is CCOc1nc(N2CCCC(OCC)C2)ccc1N. The summed E-state index contributed by atoms with van der Waals surface area (Å²) >= 11 is 0. The summed E-state index contributed by atoms with van der Waals surface area (Å²) in [6.45, 7) is 7.19. The van der Waals surface area contributed by atoms with Crippen molar-refractivity contribution in [3.63, 3.8) is 0 Å². The smallest absolute Gasteiger partial charge is 0.239 e. The quantitative estimate of drug-likeness (QED) is 0.883. The number of ether oxygens (including phenoxy) is 2. The monoisotopic (exact) mass is 265 g/mol. The summed E-state index contributed by atoms with van der Waals surface area (Å²) in [6, 6.07) is 3.81. The summed E-state index contributed by atoms with van der Waals surface area (Å²) in [4.78, 5) is 6.75. The summed E-state index contributed by atoms with van der Waals surface area (Å²) in [5, 5.41) is 0. The molecule has 0 bridgehead atoms. The Balaban J connectivity index is 2.10. The third-order valence-electron chi connectivity index (χ3n) is 3.26. The average molecular weight is 265 g/mol. The third kappa shape index (κ3) is 3.50. The van der Waals surface area contributed by atoms with Crippen molar-refractivity contribution in [2.24, 2.45) is 0 Å². The molecule has 0 aromatic carbocycles. The molecule has 0 spiro atoms. The summed E-state index contributed by atoms with van der Waals surface area (Å²) in [6.07, 6.45) is 2.55. The van der Waals surface area contributed by atoms with Gasteiger partial charge in [-0.05, 0) is 38.8 Å². The zero-order valence-electron chi connectivity index (χ0n) is 11.8. The van der Waals surface area contributed by atoms with Gasteiger partial charge in [0.2, 0.25) is 5.88 Å². The zero-order valence-corrected chi connectivity index (χ0v) is 11.8. The first-order chi connectivity index (χ1) is 9.24. The lowest BCUT2D eigenvalue weighted by atomic mass is 10.1. The summed E-state index contributed by atoms with van der Waals surface area (Å²) in [5.41, 5.74) is 6.44. The van der Waals surface area contributed by atoms with Crippen molar-refractivity contribution in [3.8, 4) is 5.88 Å². The zero-order chi connectivity index (χ0) is 13.7. The summed E-state index contributed by atoms with van der Waals surface area (Å²) < 4.78 is 11.2. The number of nitrogen functional groups attached to an aromatic ring is 1. The first kappa shape index (κ1) is 13.9. The van der Waals surface area contributed by atoms with E-state index in [1.807, 2.05) is 26.0 Å². The van der Waals surface area contributed by atoms with Gasteiger partial charge in [0.25, 0.3) is 0 Å². The molecule has 1 aromatic rings. The van der Waals surface area contributed by atoms with E-state index >= 15 is 0 Å². The van der Waals surface area contributed by atoms with Gasteiger partial charge in [-0.1, -0.05) is 0 Å². The molecule has 2 rings (SSSR count). The lowest BCUT2D eigenvalue weighted by molar-refractivity contribution is 0.0525. The van der Waals surface area contributed by atoms with E-state index in [2.05, 4.69) is 9.88 Å². The van der Waals surface area contributed by atoms with E-state index in [4.69, 9.17) is 15.2 Å². The molecule has 5 heteroatoms. The average Bonchev–Trinajstić information content (AvgIpc) is 2.42. The van der Waals surface area contributed by atoms with Crippen LogP contribution in [0.25, 0.3) is 0 Å². The van der Waals surface area contributed by atoms with Gasteiger partial charge < -0.3 is 20.1 Å². The number of hydrogen-bond acceptors (Lipinski definition) is 5. The van der Waals surface area contributed by atoms with E-state index in [1.165, 1.54) is 0 Å². The Morgan fingerprint density at radius 3 is 2.95 bits per heavy atom. The largest absolute Gasteiger partial charge is 0.476 e. The molecule has 1 unspecified atom stereocenters. The highest BCUT2D eigenvalue weighted by Gasteiger charge is 2.21. The van der Waals surface area contributed by atoms with Crippen molar-refractivity contribution in [2.45, 2.75) is 32.8 Å². The van der Waals surface area contributed by atoms with Crippen LogP contribution >= 0.6 is 0 Å².